The number of likely N-dealkylation sites (N-methyl/N-ethyl adjacent to an activating group) is 1. The fourth-order valence-corrected chi connectivity index (χ4v) is 5.61. The molecule has 2 aromatic heterocycles. The number of hydrogen-bond acceptors (Lipinski definition) is 7. The number of carbonyl (C=O) groups is 1. The van der Waals surface area contributed by atoms with Crippen LogP contribution < -0.4 is 20.7 Å². The van der Waals surface area contributed by atoms with Crippen molar-refractivity contribution in [2.24, 2.45) is 0 Å². The van der Waals surface area contributed by atoms with Gasteiger partial charge in [-0.25, -0.2) is 14.8 Å². The molecule has 0 aliphatic rings. The summed E-state index contributed by atoms with van der Waals surface area (Å²) in [5, 5.41) is 10.2. The van der Waals surface area contributed by atoms with Crippen molar-refractivity contribution in [2.75, 3.05) is 48.7 Å². The molecule has 0 aliphatic heterocycles. The van der Waals surface area contributed by atoms with Crippen molar-refractivity contribution >= 4 is 34.3 Å². The number of furan rings is 1. The number of amides is 2. The number of hydrogen-bond donors (Lipinski definition) is 3. The first-order valence-electron chi connectivity index (χ1n) is 16.4. The Morgan fingerprint density at radius 1 is 0.792 bits per heavy atom. The van der Waals surface area contributed by atoms with Gasteiger partial charge in [0.15, 0.2) is 0 Å². The van der Waals surface area contributed by atoms with Gasteiger partial charge < -0.3 is 30.0 Å². The van der Waals surface area contributed by atoms with Gasteiger partial charge in [-0.3, -0.25) is 0 Å². The molecule has 0 radical (unpaired) electrons. The molecule has 0 aliphatic carbocycles. The van der Waals surface area contributed by atoms with Gasteiger partial charge in [0.25, 0.3) is 0 Å². The lowest BCUT2D eigenvalue weighted by molar-refractivity contribution is 0.223. The van der Waals surface area contributed by atoms with Gasteiger partial charge in [0, 0.05) is 41.7 Å². The lowest BCUT2D eigenvalue weighted by Crippen LogP contribution is -2.27. The van der Waals surface area contributed by atoms with Gasteiger partial charge in [-0.15, -0.1) is 0 Å². The Kier molecular flexibility index (Phi) is 10.6. The molecule has 0 fully saturated rings. The quantitative estimate of drug-likeness (QED) is 0.110. The summed E-state index contributed by atoms with van der Waals surface area (Å²) >= 11 is 0. The van der Waals surface area contributed by atoms with Crippen LogP contribution in [-0.2, 0) is 6.42 Å². The summed E-state index contributed by atoms with van der Waals surface area (Å²) < 4.78 is 12.2. The number of nitrogens with one attached hydrogen (secondary N) is 3. The number of carbonyl (C=O) groups excluding carboxylic acids is 1. The normalized spacial score (nSPS) is 11.1. The molecule has 6 rings (SSSR count). The van der Waals surface area contributed by atoms with Gasteiger partial charge in [0.05, 0.1) is 5.39 Å². The Hall–Kier alpha value is -5.67. The smallest absolute Gasteiger partial charge is 0.323 e. The Balaban J connectivity index is 1.07. The number of ether oxygens (including phenoxy) is 1. The third kappa shape index (κ3) is 8.00. The Morgan fingerprint density at radius 2 is 1.50 bits per heavy atom. The van der Waals surface area contributed by atoms with E-state index in [4.69, 9.17) is 9.15 Å². The minimum atomic E-state index is -0.318. The third-order valence-electron chi connectivity index (χ3n) is 8.17. The number of anilines is 3. The highest BCUT2D eigenvalue weighted by molar-refractivity contribution is 6.05. The van der Waals surface area contributed by atoms with Crippen molar-refractivity contribution in [3.63, 3.8) is 0 Å². The molecule has 6 aromatic rings. The molecule has 9 heteroatoms. The van der Waals surface area contributed by atoms with E-state index in [0.29, 0.717) is 30.2 Å². The maximum absolute atomic E-state index is 12.7. The van der Waals surface area contributed by atoms with Gasteiger partial charge in [0.2, 0.25) is 5.71 Å². The van der Waals surface area contributed by atoms with E-state index >= 15 is 0 Å². The van der Waals surface area contributed by atoms with Crippen LogP contribution in [0.3, 0.4) is 0 Å². The van der Waals surface area contributed by atoms with E-state index in [1.54, 1.807) is 0 Å². The number of benzene rings is 4. The first-order chi connectivity index (χ1) is 23.6. The van der Waals surface area contributed by atoms with Crippen molar-refractivity contribution in [1.82, 2.24) is 14.9 Å². The standard InChI is InChI=1S/C39H40N6O3/c1-3-45(4-2)24-25-47-33-17-11-16-32(26-33)44-39(46)43-31-20-18-28(19-21-31)22-23-40-37-35-34(29-12-7-5-8-13-29)36(30-14-9-6-10-15-30)48-38(35)42-27-41-37/h5-21,26-27H,3-4,22-25H2,1-2H3,(H,40,41,42)(H2,43,44,46). The summed E-state index contributed by atoms with van der Waals surface area (Å²) in [5.41, 5.74) is 6.00. The van der Waals surface area contributed by atoms with Crippen LogP contribution in [0.2, 0.25) is 0 Å². The number of urea groups is 1. The zero-order valence-corrected chi connectivity index (χ0v) is 27.3. The molecule has 3 N–H and O–H groups in total. The summed E-state index contributed by atoms with van der Waals surface area (Å²) in [6.07, 6.45) is 2.28. The Bertz CT molecular complexity index is 1920. The number of rotatable bonds is 14. The van der Waals surface area contributed by atoms with Crippen LogP contribution in [0.25, 0.3) is 33.6 Å². The van der Waals surface area contributed by atoms with Crippen LogP contribution in [0, 0.1) is 0 Å². The number of nitrogens with zero attached hydrogens (tertiary/aromatic N) is 3. The van der Waals surface area contributed by atoms with Crippen LogP contribution >= 0.6 is 0 Å². The highest BCUT2D eigenvalue weighted by atomic mass is 16.5. The molecular formula is C39H40N6O3. The minimum absolute atomic E-state index is 0.318. The van der Waals surface area contributed by atoms with E-state index < -0.39 is 0 Å². The molecule has 0 saturated heterocycles. The largest absolute Gasteiger partial charge is 0.492 e. The zero-order chi connectivity index (χ0) is 33.1. The average molecular weight is 641 g/mol. The zero-order valence-electron chi connectivity index (χ0n) is 27.3. The molecule has 0 atom stereocenters. The van der Waals surface area contributed by atoms with E-state index in [2.05, 4.69) is 56.8 Å². The summed E-state index contributed by atoms with van der Waals surface area (Å²) in [4.78, 5) is 24.1. The molecule has 244 valence electrons. The highest BCUT2D eigenvalue weighted by Crippen LogP contribution is 2.42. The first-order valence-corrected chi connectivity index (χ1v) is 16.4. The number of fused-ring (bicyclic) bond motifs is 1. The van der Waals surface area contributed by atoms with Gasteiger partial charge >= 0.3 is 6.03 Å². The van der Waals surface area contributed by atoms with Gasteiger partial charge in [-0.05, 0) is 54.9 Å². The second kappa shape index (κ2) is 15.8. The number of aromatic nitrogens is 2. The van der Waals surface area contributed by atoms with E-state index in [0.717, 1.165) is 71.0 Å². The molecular weight excluding hydrogens is 600 g/mol. The molecule has 0 unspecified atom stereocenters. The van der Waals surface area contributed by atoms with E-state index in [-0.39, 0.29) is 6.03 Å². The van der Waals surface area contributed by atoms with Crippen molar-refractivity contribution in [1.29, 1.82) is 0 Å². The molecule has 9 nitrogen and oxygen atoms in total. The maximum atomic E-state index is 12.7. The molecule has 0 spiro atoms. The maximum Gasteiger partial charge on any atom is 0.323 e. The molecule has 0 bridgehead atoms. The SMILES string of the molecule is CCN(CC)CCOc1cccc(NC(=O)Nc2ccc(CCNc3ncnc4oc(-c5ccccc5)c(-c5ccccc5)c34)cc2)c1. The molecule has 48 heavy (non-hydrogen) atoms. The van der Waals surface area contributed by atoms with Crippen molar-refractivity contribution in [3.05, 3.63) is 121 Å². The summed E-state index contributed by atoms with van der Waals surface area (Å²) in [7, 11) is 0. The van der Waals surface area contributed by atoms with Gasteiger partial charge in [0.1, 0.15) is 30.3 Å². The van der Waals surface area contributed by atoms with Crippen molar-refractivity contribution < 1.29 is 13.9 Å². The van der Waals surface area contributed by atoms with Crippen LogP contribution in [0.1, 0.15) is 19.4 Å². The Morgan fingerprint density at radius 3 is 2.23 bits per heavy atom. The highest BCUT2D eigenvalue weighted by Gasteiger charge is 2.21. The molecule has 2 amide bonds. The summed E-state index contributed by atoms with van der Waals surface area (Å²) in [6.45, 7) is 8.36. The van der Waals surface area contributed by atoms with Crippen molar-refractivity contribution in [2.45, 2.75) is 20.3 Å². The van der Waals surface area contributed by atoms with E-state index in [1.165, 1.54) is 6.33 Å². The van der Waals surface area contributed by atoms with Crippen LogP contribution in [-0.4, -0.2) is 53.7 Å². The van der Waals surface area contributed by atoms with E-state index in [9.17, 15) is 4.79 Å². The third-order valence-corrected chi connectivity index (χ3v) is 8.17. The average Bonchev–Trinajstić information content (AvgIpc) is 3.52. The summed E-state index contributed by atoms with van der Waals surface area (Å²) in [5.74, 6) is 2.21. The fourth-order valence-electron chi connectivity index (χ4n) is 5.61. The monoisotopic (exact) mass is 640 g/mol. The van der Waals surface area contributed by atoms with Crippen molar-refractivity contribution in [3.8, 4) is 28.2 Å². The Labute approximate surface area is 281 Å². The molecule has 4 aromatic carbocycles. The van der Waals surface area contributed by atoms with Crippen LogP contribution in [0.4, 0.5) is 22.0 Å². The van der Waals surface area contributed by atoms with E-state index in [1.807, 2.05) is 97.1 Å². The lowest BCUT2D eigenvalue weighted by Gasteiger charge is -2.18. The molecule has 0 saturated carbocycles. The van der Waals surface area contributed by atoms with Gasteiger partial charge in [-0.2, -0.15) is 0 Å². The predicted molar refractivity (Wildman–Crippen MR) is 194 cm³/mol. The van der Waals surface area contributed by atoms with Crippen LogP contribution in [0.15, 0.2) is 120 Å². The first kappa shape index (κ1) is 32.3. The topological polar surface area (TPSA) is 105 Å². The summed E-state index contributed by atoms with van der Waals surface area (Å²) in [6, 6.07) is 35.2. The molecule has 2 heterocycles. The van der Waals surface area contributed by atoms with Gasteiger partial charge in [-0.1, -0.05) is 92.7 Å². The second-order valence-corrected chi connectivity index (χ2v) is 11.3. The fraction of sp³-hybridized carbons (Fsp3) is 0.205. The predicted octanol–water partition coefficient (Wildman–Crippen LogP) is 8.58. The van der Waals surface area contributed by atoms with Crippen LogP contribution in [0.5, 0.6) is 5.75 Å². The second-order valence-electron chi connectivity index (χ2n) is 11.3. The minimum Gasteiger partial charge on any atom is -0.492 e. The lowest BCUT2D eigenvalue weighted by atomic mass is 9.99.